The van der Waals surface area contributed by atoms with Crippen LogP contribution in [0.4, 0.5) is 0 Å². The van der Waals surface area contributed by atoms with Crippen LogP contribution in [0.1, 0.15) is 36.9 Å². The summed E-state index contributed by atoms with van der Waals surface area (Å²) in [4.78, 5) is 6.22. The molecule has 0 aliphatic heterocycles. The molecule has 0 unspecified atom stereocenters. The van der Waals surface area contributed by atoms with Crippen molar-refractivity contribution >= 4 is 5.84 Å². The van der Waals surface area contributed by atoms with E-state index in [1.807, 2.05) is 19.2 Å². The Balaban J connectivity index is 2.02. The Labute approximate surface area is 114 Å². The molecule has 0 atom stereocenters. The standard InChI is InChI=1S/C14H22N4O/c1-18(10-14(19)6-2-3-7-14)9-11-5-4-8-17-12(11)13(15)16/h4-5,8,19H,2-3,6-7,9-10H2,1H3,(H3,15,16). The van der Waals surface area contributed by atoms with Gasteiger partial charge in [-0.3, -0.25) is 15.3 Å². The summed E-state index contributed by atoms with van der Waals surface area (Å²) >= 11 is 0. The maximum absolute atomic E-state index is 10.4. The van der Waals surface area contributed by atoms with E-state index < -0.39 is 5.60 Å². The van der Waals surface area contributed by atoms with Crippen molar-refractivity contribution in [2.24, 2.45) is 5.73 Å². The SMILES string of the molecule is CN(Cc1cccnc1C(=N)N)CC1(O)CCCC1. The van der Waals surface area contributed by atoms with E-state index in [0.29, 0.717) is 18.8 Å². The van der Waals surface area contributed by atoms with Crippen LogP contribution < -0.4 is 5.73 Å². The van der Waals surface area contributed by atoms with E-state index in [1.54, 1.807) is 6.20 Å². The van der Waals surface area contributed by atoms with Gasteiger partial charge in [-0.15, -0.1) is 0 Å². The third-order valence-electron chi connectivity index (χ3n) is 3.69. The van der Waals surface area contributed by atoms with Crippen LogP contribution in [-0.4, -0.2) is 40.0 Å². The summed E-state index contributed by atoms with van der Waals surface area (Å²) in [5, 5.41) is 17.9. The maximum atomic E-state index is 10.4. The lowest BCUT2D eigenvalue weighted by Crippen LogP contribution is -2.39. The summed E-state index contributed by atoms with van der Waals surface area (Å²) in [6.45, 7) is 1.30. The fourth-order valence-electron chi connectivity index (χ4n) is 2.85. The molecule has 4 N–H and O–H groups in total. The van der Waals surface area contributed by atoms with Gasteiger partial charge in [0.2, 0.25) is 0 Å². The Kier molecular flexibility index (Phi) is 4.17. The van der Waals surface area contributed by atoms with Gasteiger partial charge in [-0.05, 0) is 31.5 Å². The molecule has 1 aliphatic rings. The lowest BCUT2D eigenvalue weighted by molar-refractivity contribution is 0.0145. The predicted molar refractivity (Wildman–Crippen MR) is 75.0 cm³/mol. The van der Waals surface area contributed by atoms with E-state index in [9.17, 15) is 5.11 Å². The van der Waals surface area contributed by atoms with E-state index in [4.69, 9.17) is 11.1 Å². The number of amidine groups is 1. The van der Waals surface area contributed by atoms with Gasteiger partial charge in [0.15, 0.2) is 0 Å². The highest BCUT2D eigenvalue weighted by Crippen LogP contribution is 2.30. The van der Waals surface area contributed by atoms with Crippen molar-refractivity contribution in [1.82, 2.24) is 9.88 Å². The molecule has 0 amide bonds. The molecule has 0 saturated heterocycles. The Morgan fingerprint density at radius 2 is 2.21 bits per heavy atom. The molecule has 0 aromatic carbocycles. The van der Waals surface area contributed by atoms with E-state index in [-0.39, 0.29) is 5.84 Å². The lowest BCUT2D eigenvalue weighted by Gasteiger charge is -2.28. The summed E-state index contributed by atoms with van der Waals surface area (Å²) in [7, 11) is 1.98. The Morgan fingerprint density at radius 3 is 2.84 bits per heavy atom. The number of nitrogens with zero attached hydrogens (tertiary/aromatic N) is 2. The quantitative estimate of drug-likeness (QED) is 0.548. The third kappa shape index (κ3) is 3.52. The van der Waals surface area contributed by atoms with E-state index in [2.05, 4.69) is 9.88 Å². The van der Waals surface area contributed by atoms with E-state index in [1.165, 1.54) is 0 Å². The van der Waals surface area contributed by atoms with Crippen molar-refractivity contribution < 1.29 is 5.11 Å². The van der Waals surface area contributed by atoms with Gasteiger partial charge in [-0.1, -0.05) is 18.9 Å². The van der Waals surface area contributed by atoms with Gasteiger partial charge < -0.3 is 10.8 Å². The number of nitrogens with one attached hydrogen (secondary N) is 1. The van der Waals surface area contributed by atoms with Gasteiger partial charge >= 0.3 is 0 Å². The first kappa shape index (κ1) is 14.0. The topological polar surface area (TPSA) is 86.2 Å². The fraction of sp³-hybridized carbons (Fsp3) is 0.571. The number of rotatable bonds is 5. The Bertz CT molecular complexity index is 455. The van der Waals surface area contributed by atoms with Crippen molar-refractivity contribution in [2.45, 2.75) is 37.8 Å². The molecule has 2 rings (SSSR count). The van der Waals surface area contributed by atoms with Gasteiger partial charge in [0.25, 0.3) is 0 Å². The zero-order valence-electron chi connectivity index (χ0n) is 11.4. The molecule has 0 spiro atoms. The Hall–Kier alpha value is -1.46. The van der Waals surface area contributed by atoms with Crippen LogP contribution in [0.15, 0.2) is 18.3 Å². The Morgan fingerprint density at radius 1 is 1.53 bits per heavy atom. The highest BCUT2D eigenvalue weighted by atomic mass is 16.3. The minimum absolute atomic E-state index is 0.0106. The molecular weight excluding hydrogens is 240 g/mol. The molecule has 1 saturated carbocycles. The molecule has 1 aromatic heterocycles. The van der Waals surface area contributed by atoms with Crippen LogP contribution in [-0.2, 0) is 6.54 Å². The molecule has 1 fully saturated rings. The molecule has 5 nitrogen and oxygen atoms in total. The zero-order valence-corrected chi connectivity index (χ0v) is 11.4. The van der Waals surface area contributed by atoms with Crippen LogP contribution in [0.2, 0.25) is 0 Å². The van der Waals surface area contributed by atoms with Crippen molar-refractivity contribution in [1.29, 1.82) is 5.41 Å². The number of aliphatic hydroxyl groups is 1. The second-order valence-electron chi connectivity index (χ2n) is 5.53. The predicted octanol–water partition coefficient (Wildman–Crippen LogP) is 1.10. The number of hydrogen-bond acceptors (Lipinski definition) is 4. The summed E-state index contributed by atoms with van der Waals surface area (Å²) in [6.07, 6.45) is 5.62. The summed E-state index contributed by atoms with van der Waals surface area (Å²) in [5.74, 6) is -0.0106. The van der Waals surface area contributed by atoms with Crippen LogP contribution in [0, 0.1) is 5.41 Å². The van der Waals surface area contributed by atoms with Crippen LogP contribution in [0.25, 0.3) is 0 Å². The van der Waals surface area contributed by atoms with Crippen LogP contribution in [0.5, 0.6) is 0 Å². The zero-order chi connectivity index (χ0) is 13.9. The first-order chi connectivity index (χ1) is 9.00. The normalized spacial score (nSPS) is 17.8. The van der Waals surface area contributed by atoms with Crippen LogP contribution >= 0.6 is 0 Å². The number of hydrogen-bond donors (Lipinski definition) is 3. The van der Waals surface area contributed by atoms with Crippen molar-refractivity contribution in [2.75, 3.05) is 13.6 Å². The molecule has 5 heteroatoms. The summed E-state index contributed by atoms with van der Waals surface area (Å²) < 4.78 is 0. The van der Waals surface area contributed by atoms with Gasteiger partial charge in [0, 0.05) is 19.3 Å². The monoisotopic (exact) mass is 262 g/mol. The van der Waals surface area contributed by atoms with Gasteiger partial charge in [-0.25, -0.2) is 0 Å². The van der Waals surface area contributed by atoms with Crippen LogP contribution in [0.3, 0.4) is 0 Å². The van der Waals surface area contributed by atoms with E-state index >= 15 is 0 Å². The summed E-state index contributed by atoms with van der Waals surface area (Å²) in [6, 6.07) is 3.78. The molecule has 1 aromatic rings. The third-order valence-corrected chi connectivity index (χ3v) is 3.69. The number of pyridine rings is 1. The number of nitrogens with two attached hydrogens (primary N) is 1. The molecule has 0 radical (unpaired) electrons. The molecule has 1 aliphatic carbocycles. The minimum atomic E-state index is -0.548. The van der Waals surface area contributed by atoms with Crippen molar-refractivity contribution in [3.8, 4) is 0 Å². The van der Waals surface area contributed by atoms with Gasteiger partial charge in [0.05, 0.1) is 5.60 Å². The largest absolute Gasteiger partial charge is 0.389 e. The molecule has 0 bridgehead atoms. The fourth-order valence-corrected chi connectivity index (χ4v) is 2.85. The number of likely N-dealkylation sites (N-methyl/N-ethyl adjacent to an activating group) is 1. The maximum Gasteiger partial charge on any atom is 0.142 e. The summed E-state index contributed by atoms with van der Waals surface area (Å²) in [5.41, 5.74) is 6.45. The lowest BCUT2D eigenvalue weighted by atomic mass is 10.0. The second-order valence-corrected chi connectivity index (χ2v) is 5.53. The van der Waals surface area contributed by atoms with Crippen molar-refractivity contribution in [3.63, 3.8) is 0 Å². The number of aromatic nitrogens is 1. The number of nitrogen functional groups attached to an aromatic ring is 1. The highest BCUT2D eigenvalue weighted by molar-refractivity contribution is 5.94. The molecular formula is C14H22N4O. The highest BCUT2D eigenvalue weighted by Gasteiger charge is 2.32. The average molecular weight is 262 g/mol. The smallest absolute Gasteiger partial charge is 0.142 e. The average Bonchev–Trinajstić information content (AvgIpc) is 2.75. The first-order valence-corrected chi connectivity index (χ1v) is 6.69. The van der Waals surface area contributed by atoms with Gasteiger partial charge in [-0.2, -0.15) is 0 Å². The van der Waals surface area contributed by atoms with Crippen molar-refractivity contribution in [3.05, 3.63) is 29.6 Å². The molecule has 1 heterocycles. The molecule has 104 valence electrons. The second kappa shape index (κ2) is 5.67. The minimum Gasteiger partial charge on any atom is -0.389 e. The molecule has 19 heavy (non-hydrogen) atoms. The van der Waals surface area contributed by atoms with E-state index in [0.717, 1.165) is 31.2 Å². The first-order valence-electron chi connectivity index (χ1n) is 6.69. The van der Waals surface area contributed by atoms with Gasteiger partial charge in [0.1, 0.15) is 11.5 Å².